The third-order valence-corrected chi connectivity index (χ3v) is 1.19. The third-order valence-electron chi connectivity index (χ3n) is 1.19. The van der Waals surface area contributed by atoms with Crippen molar-refractivity contribution in [3.8, 4) is 0 Å². The molecule has 1 aromatic heterocycles. The molecule has 1 heterocycles. The lowest BCUT2D eigenvalue weighted by molar-refractivity contribution is 0.373. The van der Waals surface area contributed by atoms with Crippen molar-refractivity contribution < 1.29 is 8.91 Å². The maximum atomic E-state index is 11.5. The minimum absolute atomic E-state index is 0.343. The van der Waals surface area contributed by atoms with Crippen LogP contribution in [0.1, 0.15) is 5.89 Å². The SMILES string of the molecule is FCCNCCc1ncno1. The molecule has 0 aromatic carbocycles. The van der Waals surface area contributed by atoms with Crippen molar-refractivity contribution in [2.45, 2.75) is 6.42 Å². The van der Waals surface area contributed by atoms with Gasteiger partial charge in [-0.3, -0.25) is 0 Å². The maximum Gasteiger partial charge on any atom is 0.227 e. The largest absolute Gasteiger partial charge is 0.340 e. The van der Waals surface area contributed by atoms with Gasteiger partial charge in [0.25, 0.3) is 0 Å². The molecule has 0 unspecified atom stereocenters. The van der Waals surface area contributed by atoms with Crippen LogP contribution >= 0.6 is 0 Å². The first-order chi connectivity index (χ1) is 5.43. The van der Waals surface area contributed by atoms with E-state index in [0.29, 0.717) is 25.4 Å². The quantitative estimate of drug-likeness (QED) is 0.622. The molecule has 0 saturated heterocycles. The zero-order valence-electron chi connectivity index (χ0n) is 6.09. The fraction of sp³-hybridized carbons (Fsp3) is 0.667. The lowest BCUT2D eigenvalue weighted by atomic mass is 10.4. The number of hydrogen-bond donors (Lipinski definition) is 1. The van der Waals surface area contributed by atoms with E-state index in [2.05, 4.69) is 15.5 Å². The summed E-state index contributed by atoms with van der Waals surface area (Å²) in [7, 11) is 0. The highest BCUT2D eigenvalue weighted by Gasteiger charge is 1.96. The molecule has 1 aromatic rings. The maximum absolute atomic E-state index is 11.5. The minimum Gasteiger partial charge on any atom is -0.340 e. The summed E-state index contributed by atoms with van der Waals surface area (Å²) >= 11 is 0. The van der Waals surface area contributed by atoms with Crippen molar-refractivity contribution in [1.82, 2.24) is 15.5 Å². The molecule has 0 fully saturated rings. The lowest BCUT2D eigenvalue weighted by Gasteiger charge is -1.96. The molecule has 0 aliphatic rings. The van der Waals surface area contributed by atoms with E-state index >= 15 is 0 Å². The molecule has 0 spiro atoms. The van der Waals surface area contributed by atoms with E-state index in [-0.39, 0.29) is 6.67 Å². The van der Waals surface area contributed by atoms with Gasteiger partial charge in [-0.05, 0) is 0 Å². The van der Waals surface area contributed by atoms with Gasteiger partial charge in [0.1, 0.15) is 6.67 Å². The standard InChI is InChI=1S/C6H10FN3O/c7-2-4-8-3-1-6-9-5-10-11-6/h5,8H,1-4H2. The number of aromatic nitrogens is 2. The Balaban J connectivity index is 2.04. The third kappa shape index (κ3) is 3.08. The van der Waals surface area contributed by atoms with Crippen LogP contribution in [0.3, 0.4) is 0 Å². The van der Waals surface area contributed by atoms with Crippen LogP contribution in [0.15, 0.2) is 10.9 Å². The molecule has 0 saturated carbocycles. The summed E-state index contributed by atoms with van der Waals surface area (Å²) < 4.78 is 16.3. The van der Waals surface area contributed by atoms with Crippen LogP contribution in [-0.2, 0) is 6.42 Å². The molecule has 0 aliphatic carbocycles. The van der Waals surface area contributed by atoms with Crippen LogP contribution in [0, 0.1) is 0 Å². The zero-order chi connectivity index (χ0) is 7.94. The second-order valence-electron chi connectivity index (χ2n) is 2.02. The van der Waals surface area contributed by atoms with Gasteiger partial charge >= 0.3 is 0 Å². The van der Waals surface area contributed by atoms with Crippen LogP contribution in [0.4, 0.5) is 4.39 Å². The Morgan fingerprint density at radius 2 is 2.45 bits per heavy atom. The minimum atomic E-state index is -0.343. The van der Waals surface area contributed by atoms with Crippen molar-refractivity contribution in [3.05, 3.63) is 12.2 Å². The first-order valence-electron chi connectivity index (χ1n) is 3.45. The summed E-state index contributed by atoms with van der Waals surface area (Å²) in [6, 6.07) is 0. The van der Waals surface area contributed by atoms with Gasteiger partial charge in [-0.1, -0.05) is 5.16 Å². The van der Waals surface area contributed by atoms with Crippen LogP contribution in [-0.4, -0.2) is 29.9 Å². The molecule has 11 heavy (non-hydrogen) atoms. The second kappa shape index (κ2) is 4.79. The molecule has 62 valence electrons. The number of nitrogens with zero attached hydrogens (tertiary/aromatic N) is 2. The fourth-order valence-electron chi connectivity index (χ4n) is 0.693. The Morgan fingerprint density at radius 1 is 1.55 bits per heavy atom. The van der Waals surface area contributed by atoms with Crippen molar-refractivity contribution >= 4 is 0 Å². The van der Waals surface area contributed by atoms with Crippen molar-refractivity contribution in [2.24, 2.45) is 0 Å². The molecule has 5 heteroatoms. The number of hydrogen-bond acceptors (Lipinski definition) is 4. The monoisotopic (exact) mass is 159 g/mol. The predicted molar refractivity (Wildman–Crippen MR) is 36.8 cm³/mol. The number of halogens is 1. The molecular weight excluding hydrogens is 149 g/mol. The summed E-state index contributed by atoms with van der Waals surface area (Å²) in [6.45, 7) is 0.712. The Labute approximate surface area is 63.8 Å². The highest BCUT2D eigenvalue weighted by Crippen LogP contribution is 1.89. The summed E-state index contributed by atoms with van der Waals surface area (Å²) in [5.74, 6) is 0.580. The van der Waals surface area contributed by atoms with E-state index in [1.165, 1.54) is 6.33 Å². The van der Waals surface area contributed by atoms with Crippen molar-refractivity contribution in [1.29, 1.82) is 0 Å². The van der Waals surface area contributed by atoms with E-state index in [9.17, 15) is 4.39 Å². The van der Waals surface area contributed by atoms with E-state index in [1.54, 1.807) is 0 Å². The normalized spacial score (nSPS) is 10.3. The van der Waals surface area contributed by atoms with Crippen LogP contribution in [0.25, 0.3) is 0 Å². The molecular formula is C6H10FN3O. The van der Waals surface area contributed by atoms with Crippen LogP contribution < -0.4 is 5.32 Å². The molecule has 4 nitrogen and oxygen atoms in total. The Morgan fingerprint density at radius 3 is 3.09 bits per heavy atom. The smallest absolute Gasteiger partial charge is 0.227 e. The molecule has 0 aliphatic heterocycles. The lowest BCUT2D eigenvalue weighted by Crippen LogP contribution is -2.19. The van der Waals surface area contributed by atoms with Gasteiger partial charge in [-0.25, -0.2) is 4.39 Å². The van der Waals surface area contributed by atoms with Crippen LogP contribution in [0.2, 0.25) is 0 Å². The summed E-state index contributed by atoms with van der Waals surface area (Å²) in [4.78, 5) is 3.80. The summed E-state index contributed by atoms with van der Waals surface area (Å²) in [5.41, 5.74) is 0. The first-order valence-corrected chi connectivity index (χ1v) is 3.45. The highest BCUT2D eigenvalue weighted by molar-refractivity contribution is 4.74. The van der Waals surface area contributed by atoms with Gasteiger partial charge in [-0.15, -0.1) is 0 Å². The molecule has 0 amide bonds. The molecule has 1 N–H and O–H groups in total. The first kappa shape index (κ1) is 8.13. The van der Waals surface area contributed by atoms with E-state index in [1.807, 2.05) is 0 Å². The number of nitrogens with one attached hydrogen (secondary N) is 1. The van der Waals surface area contributed by atoms with Crippen LogP contribution in [0.5, 0.6) is 0 Å². The zero-order valence-corrected chi connectivity index (χ0v) is 6.09. The number of rotatable bonds is 5. The molecule has 0 bridgehead atoms. The average Bonchev–Trinajstić information content (AvgIpc) is 2.50. The van der Waals surface area contributed by atoms with E-state index in [4.69, 9.17) is 4.52 Å². The Kier molecular flexibility index (Phi) is 3.54. The molecule has 1 rings (SSSR count). The topological polar surface area (TPSA) is 51.0 Å². The van der Waals surface area contributed by atoms with Gasteiger partial charge in [0.2, 0.25) is 5.89 Å². The van der Waals surface area contributed by atoms with Gasteiger partial charge in [0, 0.05) is 19.5 Å². The Bertz CT molecular complexity index is 178. The van der Waals surface area contributed by atoms with Gasteiger partial charge in [0.15, 0.2) is 6.33 Å². The predicted octanol–water partition coefficient (Wildman–Crippen LogP) is 0.171. The Hall–Kier alpha value is -0.970. The summed E-state index contributed by atoms with van der Waals surface area (Å²) in [5, 5.41) is 6.30. The number of alkyl halides is 1. The van der Waals surface area contributed by atoms with Crippen molar-refractivity contribution in [2.75, 3.05) is 19.8 Å². The molecule has 0 atom stereocenters. The van der Waals surface area contributed by atoms with E-state index in [0.717, 1.165) is 0 Å². The van der Waals surface area contributed by atoms with Crippen molar-refractivity contribution in [3.63, 3.8) is 0 Å². The van der Waals surface area contributed by atoms with Gasteiger partial charge in [-0.2, -0.15) is 4.98 Å². The fourth-order valence-corrected chi connectivity index (χ4v) is 0.693. The summed E-state index contributed by atoms with van der Waals surface area (Å²) in [6.07, 6.45) is 2.00. The van der Waals surface area contributed by atoms with Gasteiger partial charge < -0.3 is 9.84 Å². The van der Waals surface area contributed by atoms with E-state index < -0.39 is 0 Å². The average molecular weight is 159 g/mol. The molecule has 0 radical (unpaired) electrons. The second-order valence-corrected chi connectivity index (χ2v) is 2.02. The van der Waals surface area contributed by atoms with Gasteiger partial charge in [0.05, 0.1) is 0 Å². The highest BCUT2D eigenvalue weighted by atomic mass is 19.1.